The highest BCUT2D eigenvalue weighted by Crippen LogP contribution is 2.58. The van der Waals surface area contributed by atoms with Gasteiger partial charge in [-0.3, -0.25) is 9.59 Å². The van der Waals surface area contributed by atoms with Gasteiger partial charge in [0, 0.05) is 23.6 Å². The standard InChI is InChI=1S/C18H22N2O2.ClH/c21-16-3-1-2-12-4-5-13(10-14(12)16)20-17(22)15-11-18(15)6-8-19-9-7-18;/h4-5,10,15,19H,1-3,6-9,11H2,(H,20,22);1H. The fourth-order valence-corrected chi connectivity index (χ4v) is 4.13. The Bertz CT molecular complexity index is 638. The number of ketones is 1. The van der Waals surface area contributed by atoms with Crippen LogP contribution in [0.4, 0.5) is 5.69 Å². The topological polar surface area (TPSA) is 58.2 Å². The highest BCUT2D eigenvalue weighted by atomic mass is 35.5. The molecule has 5 heteroatoms. The summed E-state index contributed by atoms with van der Waals surface area (Å²) >= 11 is 0. The molecule has 0 bridgehead atoms. The van der Waals surface area contributed by atoms with Crippen molar-refractivity contribution in [2.24, 2.45) is 11.3 Å². The molecule has 1 aliphatic heterocycles. The van der Waals surface area contributed by atoms with Crippen molar-refractivity contribution in [1.82, 2.24) is 5.32 Å². The third-order valence-corrected chi connectivity index (χ3v) is 5.63. The van der Waals surface area contributed by atoms with Gasteiger partial charge in [-0.25, -0.2) is 0 Å². The summed E-state index contributed by atoms with van der Waals surface area (Å²) in [6.45, 7) is 2.05. The summed E-state index contributed by atoms with van der Waals surface area (Å²) in [5.74, 6) is 0.491. The van der Waals surface area contributed by atoms with Gasteiger partial charge in [0.1, 0.15) is 0 Å². The molecular weight excluding hydrogens is 312 g/mol. The lowest BCUT2D eigenvalue weighted by atomic mass is 9.90. The Morgan fingerprint density at radius 3 is 2.78 bits per heavy atom. The van der Waals surface area contributed by atoms with E-state index >= 15 is 0 Å². The number of amides is 1. The van der Waals surface area contributed by atoms with E-state index < -0.39 is 0 Å². The van der Waals surface area contributed by atoms with Crippen LogP contribution >= 0.6 is 12.4 Å². The van der Waals surface area contributed by atoms with Crippen LogP contribution in [0.3, 0.4) is 0 Å². The molecule has 1 amide bonds. The number of rotatable bonds is 2. The van der Waals surface area contributed by atoms with E-state index in [0.29, 0.717) is 6.42 Å². The van der Waals surface area contributed by atoms with Crippen molar-refractivity contribution in [1.29, 1.82) is 0 Å². The molecule has 1 heterocycles. The van der Waals surface area contributed by atoms with Gasteiger partial charge in [-0.05, 0) is 68.3 Å². The van der Waals surface area contributed by atoms with Gasteiger partial charge in [0.25, 0.3) is 0 Å². The molecule has 1 spiro atoms. The van der Waals surface area contributed by atoms with Crippen LogP contribution in [-0.2, 0) is 11.2 Å². The van der Waals surface area contributed by atoms with Crippen LogP contribution in [0.15, 0.2) is 18.2 Å². The quantitative estimate of drug-likeness (QED) is 0.874. The van der Waals surface area contributed by atoms with Gasteiger partial charge < -0.3 is 10.6 Å². The van der Waals surface area contributed by atoms with E-state index in [4.69, 9.17) is 0 Å². The zero-order valence-electron chi connectivity index (χ0n) is 13.2. The molecule has 2 aliphatic carbocycles. The van der Waals surface area contributed by atoms with E-state index in [0.717, 1.165) is 62.0 Å². The predicted molar refractivity (Wildman–Crippen MR) is 92.2 cm³/mol. The molecule has 1 aromatic carbocycles. The molecule has 3 aliphatic rings. The van der Waals surface area contributed by atoms with E-state index in [9.17, 15) is 9.59 Å². The summed E-state index contributed by atoms with van der Waals surface area (Å²) < 4.78 is 0. The summed E-state index contributed by atoms with van der Waals surface area (Å²) in [4.78, 5) is 24.5. The van der Waals surface area contributed by atoms with Gasteiger partial charge >= 0.3 is 0 Å². The van der Waals surface area contributed by atoms with Crippen LogP contribution in [0.1, 0.15) is 48.0 Å². The molecule has 124 valence electrons. The van der Waals surface area contributed by atoms with Gasteiger partial charge in [-0.2, -0.15) is 0 Å². The molecule has 4 nitrogen and oxygen atoms in total. The van der Waals surface area contributed by atoms with Crippen LogP contribution in [-0.4, -0.2) is 24.8 Å². The first-order valence-electron chi connectivity index (χ1n) is 8.36. The highest BCUT2D eigenvalue weighted by Gasteiger charge is 2.57. The Hall–Kier alpha value is -1.39. The molecular formula is C18H23ClN2O2. The summed E-state index contributed by atoms with van der Waals surface area (Å²) in [7, 11) is 0. The Morgan fingerprint density at radius 2 is 2.00 bits per heavy atom. The average molecular weight is 335 g/mol. The van der Waals surface area contributed by atoms with Crippen molar-refractivity contribution >= 4 is 29.8 Å². The smallest absolute Gasteiger partial charge is 0.228 e. The first-order chi connectivity index (χ1) is 10.7. The van der Waals surface area contributed by atoms with E-state index in [1.807, 2.05) is 18.2 Å². The van der Waals surface area contributed by atoms with E-state index in [1.54, 1.807) is 0 Å². The SMILES string of the molecule is Cl.O=C1CCCc2ccc(NC(=O)C3CC34CCNCC4)cc21. The molecule has 1 unspecified atom stereocenters. The average Bonchev–Trinajstić information content (AvgIpc) is 3.22. The first-order valence-corrected chi connectivity index (χ1v) is 8.36. The van der Waals surface area contributed by atoms with Gasteiger partial charge in [-0.15, -0.1) is 12.4 Å². The maximum Gasteiger partial charge on any atom is 0.228 e. The van der Waals surface area contributed by atoms with Crippen molar-refractivity contribution in [2.75, 3.05) is 18.4 Å². The minimum Gasteiger partial charge on any atom is -0.326 e. The second-order valence-electron chi connectivity index (χ2n) is 7.01. The number of halogens is 1. The third-order valence-electron chi connectivity index (χ3n) is 5.63. The number of piperidine rings is 1. The fraction of sp³-hybridized carbons (Fsp3) is 0.556. The van der Waals surface area contributed by atoms with E-state index in [2.05, 4.69) is 10.6 Å². The van der Waals surface area contributed by atoms with Crippen LogP contribution < -0.4 is 10.6 Å². The minimum atomic E-state index is 0. The summed E-state index contributed by atoms with van der Waals surface area (Å²) in [6, 6.07) is 5.80. The van der Waals surface area contributed by atoms with Crippen LogP contribution in [0.2, 0.25) is 0 Å². The zero-order valence-corrected chi connectivity index (χ0v) is 14.0. The maximum absolute atomic E-state index is 12.5. The maximum atomic E-state index is 12.5. The van der Waals surface area contributed by atoms with Crippen molar-refractivity contribution in [3.63, 3.8) is 0 Å². The van der Waals surface area contributed by atoms with Crippen LogP contribution in [0.5, 0.6) is 0 Å². The molecule has 2 fully saturated rings. The number of benzene rings is 1. The monoisotopic (exact) mass is 334 g/mol. The van der Waals surface area contributed by atoms with Gasteiger partial charge in [0.15, 0.2) is 5.78 Å². The second-order valence-corrected chi connectivity index (χ2v) is 7.01. The van der Waals surface area contributed by atoms with Crippen LogP contribution in [0, 0.1) is 11.3 Å². The summed E-state index contributed by atoms with van der Waals surface area (Å²) in [5, 5.41) is 6.39. The normalized spacial score (nSPS) is 24.5. The number of hydrogen-bond acceptors (Lipinski definition) is 3. The van der Waals surface area contributed by atoms with Gasteiger partial charge in [0.05, 0.1) is 0 Å². The lowest BCUT2D eigenvalue weighted by Crippen LogP contribution is -2.31. The highest BCUT2D eigenvalue weighted by molar-refractivity contribution is 6.01. The number of aryl methyl sites for hydroxylation is 1. The van der Waals surface area contributed by atoms with Crippen LogP contribution in [0.25, 0.3) is 0 Å². The van der Waals surface area contributed by atoms with Crippen molar-refractivity contribution < 1.29 is 9.59 Å². The molecule has 2 N–H and O–H groups in total. The lowest BCUT2D eigenvalue weighted by molar-refractivity contribution is -0.118. The Balaban J connectivity index is 0.00000156. The van der Waals surface area contributed by atoms with E-state index in [1.165, 1.54) is 0 Å². The fourth-order valence-electron chi connectivity index (χ4n) is 4.13. The summed E-state index contributed by atoms with van der Waals surface area (Å²) in [5.41, 5.74) is 2.95. The molecule has 1 aromatic rings. The van der Waals surface area contributed by atoms with Crippen molar-refractivity contribution in [3.8, 4) is 0 Å². The molecule has 23 heavy (non-hydrogen) atoms. The number of anilines is 1. The number of carbonyl (C=O) groups is 2. The Kier molecular flexibility index (Phi) is 4.47. The lowest BCUT2D eigenvalue weighted by Gasteiger charge is -2.23. The number of fused-ring (bicyclic) bond motifs is 1. The molecule has 1 atom stereocenters. The van der Waals surface area contributed by atoms with E-state index in [-0.39, 0.29) is 35.4 Å². The minimum absolute atomic E-state index is 0. The first kappa shape index (κ1) is 16.5. The zero-order chi connectivity index (χ0) is 15.2. The largest absolute Gasteiger partial charge is 0.326 e. The van der Waals surface area contributed by atoms with Crippen molar-refractivity contribution in [3.05, 3.63) is 29.3 Å². The molecule has 1 saturated carbocycles. The summed E-state index contributed by atoms with van der Waals surface area (Å²) in [6.07, 6.45) is 5.76. The molecule has 4 rings (SSSR count). The Labute approximate surface area is 142 Å². The molecule has 1 saturated heterocycles. The molecule has 0 radical (unpaired) electrons. The molecule has 0 aromatic heterocycles. The predicted octanol–water partition coefficient (Wildman–Crippen LogP) is 2.96. The second kappa shape index (κ2) is 6.25. The van der Waals surface area contributed by atoms with Gasteiger partial charge in [-0.1, -0.05) is 6.07 Å². The van der Waals surface area contributed by atoms with Crippen molar-refractivity contribution in [2.45, 2.75) is 38.5 Å². The number of hydrogen-bond donors (Lipinski definition) is 2. The number of carbonyl (C=O) groups excluding carboxylic acids is 2. The third kappa shape index (κ3) is 3.02. The number of nitrogens with one attached hydrogen (secondary N) is 2. The Morgan fingerprint density at radius 1 is 1.22 bits per heavy atom. The van der Waals surface area contributed by atoms with Gasteiger partial charge in [0.2, 0.25) is 5.91 Å². The number of Topliss-reactive ketones (excluding diaryl/α,β-unsaturated/α-hetero) is 1.